The lowest BCUT2D eigenvalue weighted by atomic mass is 10.2. The minimum atomic E-state index is 0.171. The molecule has 0 aliphatic rings. The summed E-state index contributed by atoms with van der Waals surface area (Å²) in [4.78, 5) is 8.59. The van der Waals surface area contributed by atoms with Gasteiger partial charge in [0.25, 0.3) is 0 Å². The quantitative estimate of drug-likeness (QED) is 0.624. The van der Waals surface area contributed by atoms with Crippen LogP contribution >= 0.6 is 11.6 Å². The number of hydrogen-bond donors (Lipinski definition) is 1. The van der Waals surface area contributed by atoms with Crippen LogP contribution in [0.4, 0.5) is 5.95 Å². The van der Waals surface area contributed by atoms with Gasteiger partial charge in [0.2, 0.25) is 5.95 Å². The van der Waals surface area contributed by atoms with E-state index in [4.69, 9.17) is 21.8 Å². The van der Waals surface area contributed by atoms with Crippen LogP contribution in [0.25, 0.3) is 22.5 Å². The van der Waals surface area contributed by atoms with E-state index in [1.165, 1.54) is 0 Å². The summed E-state index contributed by atoms with van der Waals surface area (Å²) >= 11 is 6.22. The monoisotopic (exact) mass is 325 g/mol. The number of halogens is 1. The van der Waals surface area contributed by atoms with E-state index in [-0.39, 0.29) is 5.95 Å². The molecule has 0 bridgehead atoms. The van der Waals surface area contributed by atoms with E-state index in [0.29, 0.717) is 28.7 Å². The van der Waals surface area contributed by atoms with Gasteiger partial charge in [0.15, 0.2) is 11.4 Å². The van der Waals surface area contributed by atoms with Gasteiger partial charge in [-0.15, -0.1) is 0 Å². The molecule has 4 aromatic rings. The van der Waals surface area contributed by atoms with Gasteiger partial charge in [0.1, 0.15) is 5.69 Å². The third-order valence-corrected chi connectivity index (χ3v) is 3.91. The fourth-order valence-electron chi connectivity index (χ4n) is 2.48. The molecule has 0 unspecified atom stereocenters. The van der Waals surface area contributed by atoms with Crippen molar-refractivity contribution >= 4 is 28.6 Å². The molecule has 0 radical (unpaired) electrons. The first kappa shape index (κ1) is 13.8. The Hall–Kier alpha value is -2.86. The molecule has 0 fully saturated rings. The molecule has 3 heterocycles. The summed E-state index contributed by atoms with van der Waals surface area (Å²) in [5.74, 6) is 0.797. The smallest absolute Gasteiger partial charge is 0.222 e. The molecular formula is C16H12ClN5O. The van der Waals surface area contributed by atoms with Gasteiger partial charge < -0.3 is 10.2 Å². The Morgan fingerprint density at radius 3 is 2.78 bits per heavy atom. The maximum atomic E-state index is 6.22. The van der Waals surface area contributed by atoms with Crippen molar-refractivity contribution in [3.8, 4) is 11.5 Å². The minimum Gasteiger partial charge on any atom is -0.463 e. The second-order valence-corrected chi connectivity index (χ2v) is 5.45. The number of nitrogens with two attached hydrogens (primary N) is 1. The summed E-state index contributed by atoms with van der Waals surface area (Å²) in [5, 5.41) is 5.87. The van der Waals surface area contributed by atoms with Crippen molar-refractivity contribution in [3.63, 3.8) is 0 Å². The van der Waals surface area contributed by atoms with Gasteiger partial charge in [-0.1, -0.05) is 29.8 Å². The zero-order valence-corrected chi connectivity index (χ0v) is 12.7. The molecule has 0 spiro atoms. The summed E-state index contributed by atoms with van der Waals surface area (Å²) in [5.41, 5.74) is 8.08. The molecule has 23 heavy (non-hydrogen) atoms. The number of rotatable bonds is 3. The van der Waals surface area contributed by atoms with Gasteiger partial charge in [-0.05, 0) is 23.8 Å². The van der Waals surface area contributed by atoms with Crippen LogP contribution in [0.2, 0.25) is 5.02 Å². The summed E-state index contributed by atoms with van der Waals surface area (Å²) in [6.07, 6.45) is 3.30. The number of nitrogens with zero attached hydrogens (tertiary/aromatic N) is 4. The first-order chi connectivity index (χ1) is 11.2. The minimum absolute atomic E-state index is 0.171. The van der Waals surface area contributed by atoms with Gasteiger partial charge in [-0.2, -0.15) is 10.1 Å². The van der Waals surface area contributed by atoms with Gasteiger partial charge >= 0.3 is 0 Å². The lowest BCUT2D eigenvalue weighted by Crippen LogP contribution is -2.05. The average molecular weight is 326 g/mol. The van der Waals surface area contributed by atoms with Gasteiger partial charge in [0.05, 0.1) is 24.4 Å². The Morgan fingerprint density at radius 2 is 2.00 bits per heavy atom. The van der Waals surface area contributed by atoms with Crippen molar-refractivity contribution < 1.29 is 4.42 Å². The first-order valence-corrected chi connectivity index (χ1v) is 7.36. The molecular weight excluding hydrogens is 314 g/mol. The molecule has 3 aromatic heterocycles. The molecule has 7 heteroatoms. The fraction of sp³-hybridized carbons (Fsp3) is 0.0625. The number of aromatic nitrogens is 4. The molecule has 1 aromatic carbocycles. The number of benzene rings is 1. The normalized spacial score (nSPS) is 11.2. The predicted molar refractivity (Wildman–Crippen MR) is 88.0 cm³/mol. The van der Waals surface area contributed by atoms with E-state index in [0.717, 1.165) is 10.9 Å². The molecule has 0 saturated carbocycles. The number of hydrogen-bond acceptors (Lipinski definition) is 5. The van der Waals surface area contributed by atoms with Gasteiger partial charge in [-0.3, -0.25) is 0 Å². The highest BCUT2D eigenvalue weighted by Gasteiger charge is 2.15. The van der Waals surface area contributed by atoms with Crippen LogP contribution < -0.4 is 5.73 Å². The molecule has 0 amide bonds. The summed E-state index contributed by atoms with van der Waals surface area (Å²) in [6.45, 7) is 0.497. The maximum Gasteiger partial charge on any atom is 0.222 e. The van der Waals surface area contributed by atoms with Crippen LogP contribution in [0, 0.1) is 0 Å². The van der Waals surface area contributed by atoms with Crippen molar-refractivity contribution in [1.82, 2.24) is 19.7 Å². The topological polar surface area (TPSA) is 82.8 Å². The molecule has 4 rings (SSSR count). The Bertz CT molecular complexity index is 977. The predicted octanol–water partition coefficient (Wildman–Crippen LogP) is 3.37. The first-order valence-electron chi connectivity index (χ1n) is 6.98. The van der Waals surface area contributed by atoms with Gasteiger partial charge in [0, 0.05) is 5.02 Å². The van der Waals surface area contributed by atoms with E-state index in [1.54, 1.807) is 23.2 Å². The van der Waals surface area contributed by atoms with Crippen LogP contribution in [0.5, 0.6) is 0 Å². The molecule has 114 valence electrons. The van der Waals surface area contributed by atoms with Crippen LogP contribution in [0.15, 0.2) is 53.3 Å². The maximum absolute atomic E-state index is 6.22. The number of nitrogen functional groups attached to an aromatic ring is 1. The molecule has 0 saturated heterocycles. The SMILES string of the molecule is Nc1nc(-c2ccco2)c2cnn(Cc3ccccc3Cl)c2n1. The highest BCUT2D eigenvalue weighted by molar-refractivity contribution is 6.31. The molecule has 0 aliphatic heterocycles. The zero-order chi connectivity index (χ0) is 15.8. The largest absolute Gasteiger partial charge is 0.463 e. The van der Waals surface area contributed by atoms with E-state index in [2.05, 4.69) is 15.1 Å². The Morgan fingerprint density at radius 1 is 1.13 bits per heavy atom. The van der Waals surface area contributed by atoms with E-state index in [9.17, 15) is 0 Å². The average Bonchev–Trinajstić information content (AvgIpc) is 3.19. The van der Waals surface area contributed by atoms with Crippen molar-refractivity contribution in [2.45, 2.75) is 6.54 Å². The van der Waals surface area contributed by atoms with Crippen LogP contribution in [0.1, 0.15) is 5.56 Å². The molecule has 0 atom stereocenters. The third-order valence-electron chi connectivity index (χ3n) is 3.55. The third kappa shape index (κ3) is 2.43. The Balaban J connectivity index is 1.85. The second-order valence-electron chi connectivity index (χ2n) is 5.04. The molecule has 0 aliphatic carbocycles. The molecule has 6 nitrogen and oxygen atoms in total. The summed E-state index contributed by atoms with van der Waals surface area (Å²) in [6, 6.07) is 11.3. The van der Waals surface area contributed by atoms with E-state index < -0.39 is 0 Å². The molecule has 2 N–H and O–H groups in total. The highest BCUT2D eigenvalue weighted by atomic mass is 35.5. The van der Waals surface area contributed by atoms with Crippen molar-refractivity contribution in [3.05, 3.63) is 59.4 Å². The highest BCUT2D eigenvalue weighted by Crippen LogP contribution is 2.27. The van der Waals surface area contributed by atoms with Crippen molar-refractivity contribution in [2.24, 2.45) is 0 Å². The number of furan rings is 1. The standard InChI is InChI=1S/C16H12ClN5O/c17-12-5-2-1-4-10(12)9-22-15-11(8-19-22)14(20-16(18)21-15)13-6-3-7-23-13/h1-8H,9H2,(H2,18,20,21). The van der Waals surface area contributed by atoms with Crippen LogP contribution in [-0.2, 0) is 6.54 Å². The van der Waals surface area contributed by atoms with E-state index in [1.807, 2.05) is 30.3 Å². The summed E-state index contributed by atoms with van der Waals surface area (Å²) in [7, 11) is 0. The lowest BCUT2D eigenvalue weighted by Gasteiger charge is -2.06. The second kappa shape index (κ2) is 5.40. The lowest BCUT2D eigenvalue weighted by molar-refractivity contribution is 0.580. The van der Waals surface area contributed by atoms with Crippen LogP contribution in [0.3, 0.4) is 0 Å². The van der Waals surface area contributed by atoms with E-state index >= 15 is 0 Å². The Labute approximate surface area is 136 Å². The Kier molecular flexibility index (Phi) is 3.24. The fourth-order valence-corrected chi connectivity index (χ4v) is 2.67. The number of anilines is 1. The number of fused-ring (bicyclic) bond motifs is 1. The van der Waals surface area contributed by atoms with Gasteiger partial charge in [-0.25, -0.2) is 9.67 Å². The summed E-state index contributed by atoms with van der Waals surface area (Å²) < 4.78 is 7.18. The van der Waals surface area contributed by atoms with Crippen molar-refractivity contribution in [2.75, 3.05) is 5.73 Å². The van der Waals surface area contributed by atoms with Crippen LogP contribution in [-0.4, -0.2) is 19.7 Å². The van der Waals surface area contributed by atoms with Crippen molar-refractivity contribution in [1.29, 1.82) is 0 Å². The zero-order valence-electron chi connectivity index (χ0n) is 12.0.